The van der Waals surface area contributed by atoms with Crippen molar-refractivity contribution in [2.75, 3.05) is 39.3 Å². The van der Waals surface area contributed by atoms with Crippen molar-refractivity contribution >= 4 is 26.8 Å². The van der Waals surface area contributed by atoms with E-state index in [0.717, 1.165) is 38.9 Å². The minimum Gasteiger partial charge on any atom is -0.352 e. The van der Waals surface area contributed by atoms with Crippen molar-refractivity contribution in [2.24, 2.45) is 5.92 Å². The molecular weight excluding hydrogens is 440 g/mol. The molecule has 0 saturated carbocycles. The van der Waals surface area contributed by atoms with Gasteiger partial charge in [-0.25, -0.2) is 8.42 Å². The Hall–Kier alpha value is -2.23. The Morgan fingerprint density at radius 3 is 2.67 bits per heavy atom. The lowest BCUT2D eigenvalue weighted by Crippen LogP contribution is -2.39. The maximum absolute atomic E-state index is 13.2. The molecule has 0 aliphatic carbocycles. The number of benzene rings is 1. The van der Waals surface area contributed by atoms with E-state index in [4.69, 9.17) is 0 Å². The van der Waals surface area contributed by atoms with Gasteiger partial charge in [-0.2, -0.15) is 4.31 Å². The van der Waals surface area contributed by atoms with Crippen molar-refractivity contribution in [2.45, 2.75) is 50.3 Å². The largest absolute Gasteiger partial charge is 0.352 e. The molecule has 2 N–H and O–H groups in total. The summed E-state index contributed by atoms with van der Waals surface area (Å²) in [6.45, 7) is 6.72. The van der Waals surface area contributed by atoms with Crippen LogP contribution in [0, 0.1) is 5.92 Å². The van der Waals surface area contributed by atoms with Gasteiger partial charge in [0.05, 0.1) is 10.5 Å². The van der Waals surface area contributed by atoms with Crippen LogP contribution in [0.4, 0.5) is 0 Å². The number of sulfonamides is 1. The van der Waals surface area contributed by atoms with Gasteiger partial charge in [0.25, 0.3) is 5.91 Å². The number of nitrogens with one attached hydrogen (secondary N) is 2. The third kappa shape index (κ3) is 5.65. The average Bonchev–Trinajstić information content (AvgIpc) is 2.81. The molecule has 1 atom stereocenters. The smallest absolute Gasteiger partial charge is 0.252 e. The zero-order chi connectivity index (χ0) is 23.4. The second kappa shape index (κ2) is 10.4. The molecule has 1 amide bonds. The SMILES string of the molecule is C[C@H]1CCCN(S(=O)(=O)c2ccc3[nH]c(=O)cc(C(=O)NCCCN4CCCCC4)c3c2)C1. The van der Waals surface area contributed by atoms with Crippen LogP contribution in [0.1, 0.15) is 55.8 Å². The Kier molecular flexibility index (Phi) is 7.51. The highest BCUT2D eigenvalue weighted by Gasteiger charge is 2.29. The van der Waals surface area contributed by atoms with E-state index in [1.165, 1.54) is 41.8 Å². The van der Waals surface area contributed by atoms with E-state index in [1.807, 2.05) is 0 Å². The van der Waals surface area contributed by atoms with Crippen molar-refractivity contribution in [3.63, 3.8) is 0 Å². The molecule has 0 unspecified atom stereocenters. The number of aromatic nitrogens is 1. The van der Waals surface area contributed by atoms with E-state index in [-0.39, 0.29) is 21.9 Å². The molecule has 2 saturated heterocycles. The van der Waals surface area contributed by atoms with E-state index in [9.17, 15) is 18.0 Å². The molecule has 0 bridgehead atoms. The van der Waals surface area contributed by atoms with Gasteiger partial charge < -0.3 is 15.2 Å². The Balaban J connectivity index is 1.52. The standard InChI is InChI=1S/C24H34N4O4S/c1-18-7-5-14-28(17-18)33(31,32)19-8-9-22-20(15-19)21(16-23(29)26-22)24(30)25-10-6-13-27-11-3-2-4-12-27/h8-9,15-16,18H,2-7,10-14,17H2,1H3,(H,25,30)(H,26,29)/t18-/m0/s1. The van der Waals surface area contributed by atoms with Gasteiger partial charge in [0.15, 0.2) is 0 Å². The van der Waals surface area contributed by atoms with Crippen LogP contribution in [0.25, 0.3) is 10.9 Å². The van der Waals surface area contributed by atoms with Gasteiger partial charge in [0.2, 0.25) is 15.6 Å². The molecule has 8 nitrogen and oxygen atoms in total. The lowest BCUT2D eigenvalue weighted by molar-refractivity contribution is 0.0952. The number of carbonyl (C=O) groups excluding carboxylic acids is 1. The second-order valence-electron chi connectivity index (χ2n) is 9.38. The van der Waals surface area contributed by atoms with E-state index in [2.05, 4.69) is 22.1 Å². The van der Waals surface area contributed by atoms with Crippen LogP contribution in [0.2, 0.25) is 0 Å². The van der Waals surface area contributed by atoms with Gasteiger partial charge in [-0.1, -0.05) is 13.3 Å². The Morgan fingerprint density at radius 2 is 1.91 bits per heavy atom. The number of nitrogens with zero attached hydrogens (tertiary/aromatic N) is 2. The van der Waals surface area contributed by atoms with Crippen LogP contribution >= 0.6 is 0 Å². The lowest BCUT2D eigenvalue weighted by Gasteiger charge is -2.30. The Bertz CT molecular complexity index is 1150. The Morgan fingerprint density at radius 1 is 1.12 bits per heavy atom. The zero-order valence-electron chi connectivity index (χ0n) is 19.3. The van der Waals surface area contributed by atoms with Crippen molar-refractivity contribution in [3.05, 3.63) is 40.2 Å². The predicted molar refractivity (Wildman–Crippen MR) is 129 cm³/mol. The maximum atomic E-state index is 13.2. The summed E-state index contributed by atoms with van der Waals surface area (Å²) in [5.41, 5.74) is 0.268. The third-order valence-electron chi connectivity index (χ3n) is 6.70. The maximum Gasteiger partial charge on any atom is 0.252 e. The van der Waals surface area contributed by atoms with Crippen LogP contribution in [0.15, 0.2) is 34.0 Å². The van der Waals surface area contributed by atoms with Gasteiger partial charge in [0, 0.05) is 36.6 Å². The Labute approximate surface area is 195 Å². The number of rotatable bonds is 7. The van der Waals surface area contributed by atoms with E-state index >= 15 is 0 Å². The highest BCUT2D eigenvalue weighted by Crippen LogP contribution is 2.26. The minimum atomic E-state index is -3.67. The molecule has 0 spiro atoms. The van der Waals surface area contributed by atoms with Crippen molar-refractivity contribution in [1.29, 1.82) is 0 Å². The minimum absolute atomic E-state index is 0.148. The molecule has 180 valence electrons. The molecule has 4 rings (SSSR count). The second-order valence-corrected chi connectivity index (χ2v) is 11.3. The lowest BCUT2D eigenvalue weighted by atomic mass is 10.0. The van der Waals surface area contributed by atoms with Gasteiger partial charge in [0.1, 0.15) is 0 Å². The molecule has 0 radical (unpaired) electrons. The van der Waals surface area contributed by atoms with Crippen molar-refractivity contribution in [3.8, 4) is 0 Å². The number of piperidine rings is 2. The fourth-order valence-corrected chi connectivity index (χ4v) is 6.50. The fourth-order valence-electron chi connectivity index (χ4n) is 4.88. The number of carbonyl (C=O) groups is 1. The molecule has 1 aromatic carbocycles. The molecule has 2 aliphatic rings. The first-order valence-electron chi connectivity index (χ1n) is 12.0. The van der Waals surface area contributed by atoms with Crippen LogP contribution in [-0.2, 0) is 10.0 Å². The predicted octanol–water partition coefficient (Wildman–Crippen LogP) is 2.55. The third-order valence-corrected chi connectivity index (χ3v) is 8.56. The molecule has 2 fully saturated rings. The normalized spacial score (nSPS) is 20.7. The quantitative estimate of drug-likeness (QED) is 0.601. The van der Waals surface area contributed by atoms with E-state index in [1.54, 1.807) is 6.07 Å². The van der Waals surface area contributed by atoms with Crippen molar-refractivity contribution < 1.29 is 13.2 Å². The summed E-state index contributed by atoms with van der Waals surface area (Å²) >= 11 is 0. The summed E-state index contributed by atoms with van der Waals surface area (Å²) in [5, 5.41) is 3.35. The monoisotopic (exact) mass is 474 g/mol. The van der Waals surface area contributed by atoms with Crippen LogP contribution in [-0.4, -0.2) is 67.8 Å². The summed E-state index contributed by atoms with van der Waals surface area (Å²) < 4.78 is 28.0. The van der Waals surface area contributed by atoms with Gasteiger partial charge in [-0.3, -0.25) is 9.59 Å². The van der Waals surface area contributed by atoms with Gasteiger partial charge >= 0.3 is 0 Å². The highest BCUT2D eigenvalue weighted by molar-refractivity contribution is 7.89. The first-order valence-corrected chi connectivity index (χ1v) is 13.5. The summed E-state index contributed by atoms with van der Waals surface area (Å²) in [6.07, 6.45) is 6.44. The zero-order valence-corrected chi connectivity index (χ0v) is 20.1. The first-order chi connectivity index (χ1) is 15.8. The molecule has 9 heteroatoms. The number of amides is 1. The number of hydrogen-bond donors (Lipinski definition) is 2. The van der Waals surface area contributed by atoms with Crippen LogP contribution in [0.3, 0.4) is 0 Å². The number of hydrogen-bond acceptors (Lipinski definition) is 5. The van der Waals surface area contributed by atoms with Gasteiger partial charge in [-0.15, -0.1) is 0 Å². The number of fused-ring (bicyclic) bond motifs is 1. The molecule has 3 heterocycles. The van der Waals surface area contributed by atoms with Crippen LogP contribution < -0.4 is 10.9 Å². The number of likely N-dealkylation sites (tertiary alicyclic amines) is 1. The summed E-state index contributed by atoms with van der Waals surface area (Å²) in [5.74, 6) is -0.0394. The molecule has 1 aromatic heterocycles. The molecule has 2 aromatic rings. The van der Waals surface area contributed by atoms with Gasteiger partial charge in [-0.05, 0) is 75.9 Å². The highest BCUT2D eigenvalue weighted by atomic mass is 32.2. The number of H-pyrrole nitrogens is 1. The molecule has 33 heavy (non-hydrogen) atoms. The summed E-state index contributed by atoms with van der Waals surface area (Å²) in [6, 6.07) is 5.85. The summed E-state index contributed by atoms with van der Waals surface area (Å²) in [4.78, 5) is 30.3. The van der Waals surface area contributed by atoms with Crippen molar-refractivity contribution in [1.82, 2.24) is 19.5 Å². The topological polar surface area (TPSA) is 103 Å². The molecule has 2 aliphatic heterocycles. The summed E-state index contributed by atoms with van der Waals surface area (Å²) in [7, 11) is -3.67. The van der Waals surface area contributed by atoms with E-state index < -0.39 is 10.0 Å². The first kappa shape index (κ1) is 23.9. The molecular formula is C24H34N4O4S. The number of aromatic amines is 1. The fraction of sp³-hybridized carbons (Fsp3) is 0.583. The average molecular weight is 475 g/mol. The van der Waals surface area contributed by atoms with E-state index in [0.29, 0.717) is 36.5 Å². The number of pyridine rings is 1. The van der Waals surface area contributed by atoms with Crippen LogP contribution in [0.5, 0.6) is 0 Å².